The molecule has 4 N–H and O–H groups in total. The Balaban J connectivity index is 1.61. The van der Waals surface area contributed by atoms with Crippen LogP contribution >= 0.6 is 11.6 Å². The van der Waals surface area contributed by atoms with Crippen molar-refractivity contribution in [3.63, 3.8) is 0 Å². The zero-order valence-corrected chi connectivity index (χ0v) is 25.1. The van der Waals surface area contributed by atoms with E-state index in [2.05, 4.69) is 49.2 Å². The Bertz CT molecular complexity index is 1430. The molecular weight excluding hydrogens is 562 g/mol. The first-order chi connectivity index (χ1) is 19.7. The van der Waals surface area contributed by atoms with Gasteiger partial charge in [0, 0.05) is 37.5 Å². The van der Waals surface area contributed by atoms with Crippen molar-refractivity contribution >= 4 is 62.8 Å². The van der Waals surface area contributed by atoms with Gasteiger partial charge in [-0.25, -0.2) is 4.98 Å². The number of rotatable bonds is 11. The molecule has 12 heteroatoms. The topological polar surface area (TPSA) is 123 Å². The van der Waals surface area contributed by atoms with Crippen LogP contribution in [0.25, 0.3) is 0 Å². The van der Waals surface area contributed by atoms with E-state index in [0.29, 0.717) is 33.5 Å². The monoisotopic (exact) mass is 597 g/mol. The van der Waals surface area contributed by atoms with E-state index in [1.54, 1.807) is 18.2 Å². The van der Waals surface area contributed by atoms with Gasteiger partial charge >= 0.3 is 0 Å². The summed E-state index contributed by atoms with van der Waals surface area (Å²) in [6, 6.07) is 10.5. The van der Waals surface area contributed by atoms with Gasteiger partial charge in [0.25, 0.3) is 0 Å². The summed E-state index contributed by atoms with van der Waals surface area (Å²) >= 11 is 6.40. The molecule has 1 aromatic heterocycles. The van der Waals surface area contributed by atoms with Crippen LogP contribution in [-0.2, 0) is 15.6 Å². The molecule has 1 saturated heterocycles. The second-order valence-corrected chi connectivity index (χ2v) is 12.3. The number of anilines is 6. The quantitative estimate of drug-likeness (QED) is 0.129. The van der Waals surface area contributed by atoms with Crippen LogP contribution in [0.1, 0.15) is 27.2 Å². The Labute approximate surface area is 248 Å². The average molecular weight is 598 g/mol. The number of aromatic hydroxyl groups is 1. The van der Waals surface area contributed by atoms with E-state index < -0.39 is 10.8 Å². The number of phenolic OH excluding ortho intramolecular Hbond substituents is 1. The van der Waals surface area contributed by atoms with Gasteiger partial charge in [-0.1, -0.05) is 51.1 Å². The maximum atomic E-state index is 12.8. The molecule has 218 valence electrons. The fourth-order valence-electron chi connectivity index (χ4n) is 4.51. The summed E-state index contributed by atoms with van der Waals surface area (Å²) in [5.74, 6) is 0.0766. The lowest BCUT2D eigenvalue weighted by Gasteiger charge is -2.37. The summed E-state index contributed by atoms with van der Waals surface area (Å²) < 4.78 is 12.8. The number of benzene rings is 2. The zero-order chi connectivity index (χ0) is 29.5. The largest absolute Gasteiger partial charge is 0.506 e. The number of nitrogens with one attached hydrogen (secondary N) is 3. The smallest absolute Gasteiger partial charge is 0.247 e. The van der Waals surface area contributed by atoms with Crippen molar-refractivity contribution in [2.24, 2.45) is 0 Å². The van der Waals surface area contributed by atoms with E-state index >= 15 is 0 Å². The third-order valence-electron chi connectivity index (χ3n) is 6.59. The third-order valence-corrected chi connectivity index (χ3v) is 8.51. The van der Waals surface area contributed by atoms with Crippen LogP contribution in [0.3, 0.4) is 0 Å². The highest BCUT2D eigenvalue weighted by molar-refractivity contribution is 7.85. The van der Waals surface area contributed by atoms with Crippen LogP contribution in [-0.4, -0.2) is 68.1 Å². The lowest BCUT2D eigenvalue weighted by molar-refractivity contribution is -0.111. The van der Waals surface area contributed by atoms with E-state index in [1.807, 2.05) is 32.0 Å². The lowest BCUT2D eigenvalue weighted by Crippen LogP contribution is -2.46. The van der Waals surface area contributed by atoms with Crippen molar-refractivity contribution in [3.8, 4) is 5.75 Å². The molecule has 4 rings (SSSR count). The van der Waals surface area contributed by atoms with E-state index in [-0.39, 0.29) is 27.9 Å². The van der Waals surface area contributed by atoms with Gasteiger partial charge in [0.1, 0.15) is 10.8 Å². The lowest BCUT2D eigenvalue weighted by atomic mass is 10.1. The number of hydrogen-bond donors (Lipinski definition) is 4. The summed E-state index contributed by atoms with van der Waals surface area (Å²) in [6.45, 7) is 13.9. The Morgan fingerprint density at radius 1 is 1.15 bits per heavy atom. The first-order valence-corrected chi connectivity index (χ1v) is 15.1. The second kappa shape index (κ2) is 13.8. The number of para-hydroxylation sites is 1. The summed E-state index contributed by atoms with van der Waals surface area (Å²) in [5, 5.41) is 20.2. The minimum Gasteiger partial charge on any atom is -0.506 e. The minimum absolute atomic E-state index is 0.0293. The Morgan fingerprint density at radius 2 is 1.88 bits per heavy atom. The number of piperazine rings is 1. The fourth-order valence-corrected chi connectivity index (χ4v) is 5.71. The predicted molar refractivity (Wildman–Crippen MR) is 167 cm³/mol. The zero-order valence-electron chi connectivity index (χ0n) is 23.5. The second-order valence-electron chi connectivity index (χ2n) is 9.89. The average Bonchev–Trinajstić information content (AvgIpc) is 2.96. The van der Waals surface area contributed by atoms with Gasteiger partial charge in [-0.15, -0.1) is 0 Å². The number of aromatic nitrogens is 2. The first kappa shape index (κ1) is 30.3. The number of halogens is 1. The molecule has 10 nitrogen and oxygen atoms in total. The molecule has 0 aliphatic carbocycles. The van der Waals surface area contributed by atoms with Crippen LogP contribution in [0.15, 0.2) is 60.1 Å². The molecule has 0 radical (unpaired) electrons. The van der Waals surface area contributed by atoms with Gasteiger partial charge in [-0.05, 0) is 37.2 Å². The van der Waals surface area contributed by atoms with Crippen molar-refractivity contribution in [3.05, 3.63) is 60.3 Å². The van der Waals surface area contributed by atoms with Crippen molar-refractivity contribution < 1.29 is 14.1 Å². The summed E-state index contributed by atoms with van der Waals surface area (Å²) in [5.41, 5.74) is 2.16. The van der Waals surface area contributed by atoms with Crippen LogP contribution in [0.5, 0.6) is 5.75 Å². The molecule has 2 heterocycles. The molecule has 1 aliphatic rings. The van der Waals surface area contributed by atoms with Gasteiger partial charge in [-0.2, -0.15) is 4.98 Å². The van der Waals surface area contributed by atoms with Crippen molar-refractivity contribution in [2.75, 3.05) is 53.6 Å². The predicted octanol–water partition coefficient (Wildman–Crippen LogP) is 5.50. The number of hydrogen-bond acceptors (Lipinski definition) is 9. The number of carbonyl (C=O) groups excluding carboxylic acids is 1. The molecule has 0 bridgehead atoms. The molecule has 1 atom stereocenters. The minimum atomic E-state index is -1.23. The summed E-state index contributed by atoms with van der Waals surface area (Å²) in [6.07, 6.45) is 3.73. The van der Waals surface area contributed by atoms with Gasteiger partial charge in [0.05, 0.1) is 44.6 Å². The van der Waals surface area contributed by atoms with Crippen molar-refractivity contribution in [1.29, 1.82) is 0 Å². The van der Waals surface area contributed by atoms with Crippen molar-refractivity contribution in [1.82, 2.24) is 14.9 Å². The van der Waals surface area contributed by atoms with Crippen LogP contribution in [0, 0.1) is 0 Å². The molecule has 1 unspecified atom stereocenters. The maximum Gasteiger partial charge on any atom is 0.247 e. The molecule has 1 fully saturated rings. The SMILES string of the molecule is C=CC(=O)Nc1cc(Nc2ncc(Cl)c(Nc3ccccc3S(=O)C(C)C)n2)c(O)cc1N1CCN(CCC)CC1. The van der Waals surface area contributed by atoms with E-state index in [1.165, 1.54) is 12.3 Å². The molecule has 1 amide bonds. The van der Waals surface area contributed by atoms with Crippen molar-refractivity contribution in [2.45, 2.75) is 37.3 Å². The molecule has 1 aliphatic heterocycles. The maximum absolute atomic E-state index is 12.8. The van der Waals surface area contributed by atoms with Gasteiger partial charge in [-0.3, -0.25) is 13.9 Å². The summed E-state index contributed by atoms with van der Waals surface area (Å²) in [4.78, 5) is 26.2. The molecule has 0 spiro atoms. The third kappa shape index (κ3) is 7.55. The highest BCUT2D eigenvalue weighted by atomic mass is 35.5. The van der Waals surface area contributed by atoms with Gasteiger partial charge < -0.3 is 26.0 Å². The highest BCUT2D eigenvalue weighted by Gasteiger charge is 2.22. The molecule has 3 aromatic rings. The van der Waals surface area contributed by atoms with Gasteiger partial charge in [0.15, 0.2) is 5.82 Å². The molecule has 41 heavy (non-hydrogen) atoms. The number of amides is 1. The van der Waals surface area contributed by atoms with Crippen LogP contribution in [0.4, 0.5) is 34.5 Å². The van der Waals surface area contributed by atoms with E-state index in [4.69, 9.17) is 11.6 Å². The van der Waals surface area contributed by atoms with E-state index in [9.17, 15) is 14.1 Å². The van der Waals surface area contributed by atoms with Gasteiger partial charge in [0.2, 0.25) is 11.9 Å². The fraction of sp³-hybridized carbons (Fsp3) is 0.345. The Kier molecular flexibility index (Phi) is 10.2. The molecule has 0 saturated carbocycles. The van der Waals surface area contributed by atoms with Crippen LogP contribution < -0.4 is 20.9 Å². The number of nitrogens with zero attached hydrogens (tertiary/aromatic N) is 4. The first-order valence-electron chi connectivity index (χ1n) is 13.5. The Morgan fingerprint density at radius 3 is 2.56 bits per heavy atom. The molecular formula is C29H36ClN7O3S. The van der Waals surface area contributed by atoms with E-state index in [0.717, 1.165) is 39.1 Å². The standard InChI is InChI=1S/C29H36ClN7O3S/c1-5-11-36-12-14-37(15-13-36)24-17-25(38)23(16-22(24)32-27(39)6-2)34-29-31-18-20(30)28(35-29)33-21-9-7-8-10-26(21)41(40)19(3)4/h6-10,16-19,38H,2,5,11-15H2,1,3-4H3,(H,32,39)(H2,31,33,34,35). The molecule has 2 aromatic carbocycles. The highest BCUT2D eigenvalue weighted by Crippen LogP contribution is 2.38. The number of carbonyl (C=O) groups is 1. The summed E-state index contributed by atoms with van der Waals surface area (Å²) in [7, 11) is -1.23. The number of phenols is 1. The van der Waals surface area contributed by atoms with Crippen LogP contribution in [0.2, 0.25) is 5.02 Å². The normalized spacial score (nSPS) is 14.5. The Hall–Kier alpha value is -3.67.